The summed E-state index contributed by atoms with van der Waals surface area (Å²) in [5.41, 5.74) is 4.06. The van der Waals surface area contributed by atoms with Gasteiger partial charge in [0.1, 0.15) is 0 Å². The van der Waals surface area contributed by atoms with E-state index in [9.17, 15) is 4.79 Å². The lowest BCUT2D eigenvalue weighted by atomic mass is 9.98. The summed E-state index contributed by atoms with van der Waals surface area (Å²) in [5.74, 6) is 0.620. The Morgan fingerprint density at radius 3 is 2.62 bits per heavy atom. The zero-order valence-corrected chi connectivity index (χ0v) is 13.5. The fourth-order valence-electron chi connectivity index (χ4n) is 3.76. The molecule has 3 nitrogen and oxygen atoms in total. The molecule has 21 heavy (non-hydrogen) atoms. The smallest absolute Gasteiger partial charge is 0.251 e. The lowest BCUT2D eigenvalue weighted by Gasteiger charge is -2.17. The van der Waals surface area contributed by atoms with Crippen molar-refractivity contribution in [3.05, 3.63) is 34.9 Å². The lowest BCUT2D eigenvalue weighted by molar-refractivity contribution is 0.0949. The molecule has 1 aliphatic heterocycles. The minimum Gasteiger partial charge on any atom is -0.352 e. The molecule has 1 aromatic rings. The van der Waals surface area contributed by atoms with Crippen LogP contribution < -0.4 is 10.6 Å². The second-order valence-electron chi connectivity index (χ2n) is 7.62. The Labute approximate surface area is 127 Å². The van der Waals surface area contributed by atoms with Crippen molar-refractivity contribution in [3.63, 3.8) is 0 Å². The van der Waals surface area contributed by atoms with Gasteiger partial charge in [-0.2, -0.15) is 0 Å². The third-order valence-electron chi connectivity index (χ3n) is 6.14. The SMILES string of the molecule is CC1(C)C(CNC(=O)c2ccc3c(c2)CNCC3)C1(C)C. The van der Waals surface area contributed by atoms with Crippen LogP contribution >= 0.6 is 0 Å². The van der Waals surface area contributed by atoms with Crippen LogP contribution in [0.1, 0.15) is 49.2 Å². The molecule has 1 aromatic carbocycles. The molecule has 0 aromatic heterocycles. The van der Waals surface area contributed by atoms with Gasteiger partial charge in [-0.3, -0.25) is 4.79 Å². The first kappa shape index (κ1) is 14.6. The average Bonchev–Trinajstić information content (AvgIpc) is 2.85. The molecule has 0 unspecified atom stereocenters. The Balaban J connectivity index is 1.64. The highest BCUT2D eigenvalue weighted by molar-refractivity contribution is 5.94. The molecule has 0 bridgehead atoms. The molecule has 3 rings (SSSR count). The van der Waals surface area contributed by atoms with E-state index in [-0.39, 0.29) is 5.91 Å². The first-order valence-electron chi connectivity index (χ1n) is 7.95. The summed E-state index contributed by atoms with van der Waals surface area (Å²) in [4.78, 5) is 12.4. The molecular weight excluding hydrogens is 260 g/mol. The number of fused-ring (bicyclic) bond motifs is 1. The maximum atomic E-state index is 12.4. The summed E-state index contributed by atoms with van der Waals surface area (Å²) in [5, 5.41) is 6.48. The van der Waals surface area contributed by atoms with Gasteiger partial charge in [-0.05, 0) is 53.0 Å². The van der Waals surface area contributed by atoms with Crippen molar-refractivity contribution in [3.8, 4) is 0 Å². The molecule has 2 aliphatic rings. The van der Waals surface area contributed by atoms with E-state index < -0.39 is 0 Å². The van der Waals surface area contributed by atoms with Crippen LogP contribution in [0, 0.1) is 16.7 Å². The number of nitrogens with one attached hydrogen (secondary N) is 2. The highest BCUT2D eigenvalue weighted by Gasteiger charge is 2.64. The molecular formula is C18H26N2O. The van der Waals surface area contributed by atoms with Gasteiger partial charge >= 0.3 is 0 Å². The molecule has 1 fully saturated rings. The van der Waals surface area contributed by atoms with E-state index in [4.69, 9.17) is 0 Å². The largest absolute Gasteiger partial charge is 0.352 e. The summed E-state index contributed by atoms with van der Waals surface area (Å²) in [6.45, 7) is 11.8. The summed E-state index contributed by atoms with van der Waals surface area (Å²) in [6, 6.07) is 6.11. The van der Waals surface area contributed by atoms with Gasteiger partial charge in [0.05, 0.1) is 0 Å². The summed E-state index contributed by atoms with van der Waals surface area (Å²) in [6.07, 6.45) is 1.06. The Bertz CT molecular complexity index is 561. The average molecular weight is 286 g/mol. The maximum Gasteiger partial charge on any atom is 0.251 e. The molecule has 3 heteroatoms. The van der Waals surface area contributed by atoms with Gasteiger partial charge in [-0.15, -0.1) is 0 Å². The van der Waals surface area contributed by atoms with E-state index in [2.05, 4.69) is 44.4 Å². The monoisotopic (exact) mass is 286 g/mol. The van der Waals surface area contributed by atoms with Gasteiger partial charge in [0, 0.05) is 18.7 Å². The van der Waals surface area contributed by atoms with Crippen LogP contribution in [0.15, 0.2) is 18.2 Å². The molecule has 0 saturated heterocycles. The molecule has 1 heterocycles. The van der Waals surface area contributed by atoms with Crippen molar-refractivity contribution >= 4 is 5.91 Å². The van der Waals surface area contributed by atoms with Gasteiger partial charge in [0.2, 0.25) is 0 Å². The number of benzene rings is 1. The number of carbonyl (C=O) groups is 1. The van der Waals surface area contributed by atoms with Gasteiger partial charge in [0.25, 0.3) is 5.91 Å². The van der Waals surface area contributed by atoms with Crippen molar-refractivity contribution < 1.29 is 4.79 Å². The van der Waals surface area contributed by atoms with Crippen molar-refractivity contribution in [2.45, 2.75) is 40.7 Å². The van der Waals surface area contributed by atoms with Crippen LogP contribution in [0.25, 0.3) is 0 Å². The number of rotatable bonds is 3. The normalized spacial score (nSPS) is 22.5. The van der Waals surface area contributed by atoms with Crippen LogP contribution in [-0.4, -0.2) is 19.0 Å². The van der Waals surface area contributed by atoms with Crippen molar-refractivity contribution in [2.24, 2.45) is 16.7 Å². The topological polar surface area (TPSA) is 41.1 Å². The third-order valence-corrected chi connectivity index (χ3v) is 6.14. The van der Waals surface area contributed by atoms with E-state index >= 15 is 0 Å². The number of amides is 1. The number of hydrogen-bond acceptors (Lipinski definition) is 2. The third kappa shape index (κ3) is 2.38. The zero-order chi connectivity index (χ0) is 15.3. The van der Waals surface area contributed by atoms with E-state index in [0.29, 0.717) is 16.7 Å². The second-order valence-corrected chi connectivity index (χ2v) is 7.62. The second kappa shape index (κ2) is 4.84. The molecule has 0 atom stereocenters. The summed E-state index contributed by atoms with van der Waals surface area (Å²) in [7, 11) is 0. The molecule has 1 aliphatic carbocycles. The van der Waals surface area contributed by atoms with Crippen LogP contribution in [0.5, 0.6) is 0 Å². The molecule has 2 N–H and O–H groups in total. The fourth-order valence-corrected chi connectivity index (χ4v) is 3.76. The predicted molar refractivity (Wildman–Crippen MR) is 85.2 cm³/mol. The number of hydrogen-bond donors (Lipinski definition) is 2. The van der Waals surface area contributed by atoms with Crippen LogP contribution in [-0.2, 0) is 13.0 Å². The minimum atomic E-state index is 0.0573. The van der Waals surface area contributed by atoms with Crippen molar-refractivity contribution in [2.75, 3.05) is 13.1 Å². The van der Waals surface area contributed by atoms with Crippen molar-refractivity contribution in [1.82, 2.24) is 10.6 Å². The highest BCUT2D eigenvalue weighted by atomic mass is 16.1. The Hall–Kier alpha value is -1.35. The zero-order valence-electron chi connectivity index (χ0n) is 13.5. The lowest BCUT2D eigenvalue weighted by Crippen LogP contribution is -2.28. The van der Waals surface area contributed by atoms with E-state index in [1.165, 1.54) is 11.1 Å². The summed E-state index contributed by atoms with van der Waals surface area (Å²) >= 11 is 0. The van der Waals surface area contributed by atoms with Gasteiger partial charge in [-0.25, -0.2) is 0 Å². The van der Waals surface area contributed by atoms with Gasteiger partial charge in [-0.1, -0.05) is 33.8 Å². The first-order valence-corrected chi connectivity index (χ1v) is 7.95. The quantitative estimate of drug-likeness (QED) is 0.897. The highest BCUT2D eigenvalue weighted by Crippen LogP contribution is 2.67. The minimum absolute atomic E-state index is 0.0573. The fraction of sp³-hybridized carbons (Fsp3) is 0.611. The summed E-state index contributed by atoms with van der Waals surface area (Å²) < 4.78 is 0. The maximum absolute atomic E-state index is 12.4. The molecule has 0 spiro atoms. The molecule has 1 saturated carbocycles. The van der Waals surface area contributed by atoms with Gasteiger partial charge < -0.3 is 10.6 Å². The Morgan fingerprint density at radius 1 is 1.24 bits per heavy atom. The van der Waals surface area contributed by atoms with E-state index in [1.807, 2.05) is 12.1 Å². The number of carbonyl (C=O) groups excluding carboxylic acids is 1. The Kier molecular flexibility index (Phi) is 3.36. The van der Waals surface area contributed by atoms with Crippen LogP contribution in [0.2, 0.25) is 0 Å². The molecule has 114 valence electrons. The Morgan fingerprint density at radius 2 is 1.95 bits per heavy atom. The first-order chi connectivity index (χ1) is 9.84. The van der Waals surface area contributed by atoms with Gasteiger partial charge in [0.15, 0.2) is 0 Å². The standard InChI is InChI=1S/C18H26N2O/c1-17(2)15(18(17,3)4)11-20-16(21)13-6-5-12-7-8-19-10-14(12)9-13/h5-6,9,15,19H,7-8,10-11H2,1-4H3,(H,20,21). The van der Waals surface area contributed by atoms with E-state index in [1.54, 1.807) is 0 Å². The van der Waals surface area contributed by atoms with E-state index in [0.717, 1.165) is 31.6 Å². The van der Waals surface area contributed by atoms with Crippen LogP contribution in [0.3, 0.4) is 0 Å². The molecule has 1 amide bonds. The van der Waals surface area contributed by atoms with Crippen molar-refractivity contribution in [1.29, 1.82) is 0 Å². The molecule has 0 radical (unpaired) electrons. The van der Waals surface area contributed by atoms with Crippen LogP contribution in [0.4, 0.5) is 0 Å². The predicted octanol–water partition coefficient (Wildman–Crippen LogP) is 2.74.